The molecule has 3 aliphatic rings. The van der Waals surface area contributed by atoms with Crippen molar-refractivity contribution < 1.29 is 9.53 Å². The van der Waals surface area contributed by atoms with E-state index in [0.29, 0.717) is 0 Å². The van der Waals surface area contributed by atoms with Crippen molar-refractivity contribution in [3.63, 3.8) is 0 Å². The molecule has 2 atom stereocenters. The molecule has 4 rings (SSSR count). The maximum atomic E-state index is 12.7. The third-order valence-corrected chi connectivity index (χ3v) is 5.99. The summed E-state index contributed by atoms with van der Waals surface area (Å²) in [4.78, 5) is 14.7. The summed E-state index contributed by atoms with van der Waals surface area (Å²) in [7, 11) is 0. The summed E-state index contributed by atoms with van der Waals surface area (Å²) in [5, 5.41) is 9.51. The zero-order chi connectivity index (χ0) is 19.2. The molecular formula is C23H28N2O2. The van der Waals surface area contributed by atoms with Gasteiger partial charge in [-0.05, 0) is 82.1 Å². The molecule has 1 saturated carbocycles. The van der Waals surface area contributed by atoms with Crippen LogP contribution in [0.1, 0.15) is 70.4 Å². The fourth-order valence-electron chi connectivity index (χ4n) is 4.45. The Morgan fingerprint density at radius 1 is 1.30 bits per heavy atom. The van der Waals surface area contributed by atoms with Crippen LogP contribution in [0.2, 0.25) is 0 Å². The number of rotatable bonds is 2. The van der Waals surface area contributed by atoms with Gasteiger partial charge in [0.1, 0.15) is 5.60 Å². The highest BCUT2D eigenvalue weighted by molar-refractivity contribution is 5.75. The molecule has 0 radical (unpaired) electrons. The minimum atomic E-state index is -0.473. The molecule has 1 aliphatic carbocycles. The summed E-state index contributed by atoms with van der Waals surface area (Å²) in [6.45, 7) is 5.75. The van der Waals surface area contributed by atoms with Gasteiger partial charge in [0.15, 0.2) is 0 Å². The fraction of sp³-hybridized carbons (Fsp3) is 0.565. The van der Waals surface area contributed by atoms with Gasteiger partial charge in [-0.1, -0.05) is 24.3 Å². The fourth-order valence-corrected chi connectivity index (χ4v) is 4.45. The van der Waals surface area contributed by atoms with Crippen LogP contribution in [0.3, 0.4) is 0 Å². The summed E-state index contributed by atoms with van der Waals surface area (Å²) in [6, 6.07) is 11.3. The van der Waals surface area contributed by atoms with Crippen molar-refractivity contribution in [2.75, 3.05) is 0 Å². The van der Waals surface area contributed by atoms with Crippen molar-refractivity contribution in [2.45, 2.75) is 82.4 Å². The second-order valence-electron chi connectivity index (χ2n) is 9.21. The van der Waals surface area contributed by atoms with Gasteiger partial charge < -0.3 is 4.74 Å². The van der Waals surface area contributed by atoms with E-state index in [1.807, 2.05) is 25.7 Å². The van der Waals surface area contributed by atoms with E-state index in [-0.39, 0.29) is 23.6 Å². The highest BCUT2D eigenvalue weighted by Crippen LogP contribution is 2.48. The number of nitrogens with zero attached hydrogens (tertiary/aromatic N) is 2. The molecule has 2 bridgehead atoms. The summed E-state index contributed by atoms with van der Waals surface area (Å²) in [6.07, 6.45) is 8.01. The molecule has 0 N–H and O–H groups in total. The Labute approximate surface area is 161 Å². The SMILES string of the molecule is CC(C)(C)OC(=O)N1C2C=C(c3cccc(C4(C#N)CC4)c3)CC1CCC2. The Bertz CT molecular complexity index is 824. The molecule has 1 aromatic rings. The third-order valence-electron chi connectivity index (χ3n) is 5.99. The van der Waals surface area contributed by atoms with E-state index in [4.69, 9.17) is 4.74 Å². The summed E-state index contributed by atoms with van der Waals surface area (Å²) >= 11 is 0. The quantitative estimate of drug-likeness (QED) is 0.726. The normalized spacial score (nSPS) is 26.0. The molecule has 4 heteroatoms. The van der Waals surface area contributed by atoms with E-state index < -0.39 is 5.60 Å². The Morgan fingerprint density at radius 3 is 2.70 bits per heavy atom. The molecule has 2 heterocycles. The Kier molecular flexibility index (Phi) is 4.29. The molecule has 142 valence electrons. The standard InChI is InChI=1S/C23H28N2O2/c1-22(2,3)27-21(26)25-19-8-5-9-20(25)14-17(13-19)16-6-4-7-18(12-16)23(15-24)10-11-23/h4,6-7,12-13,19-20H,5,8-11,14H2,1-3H3. The predicted molar refractivity (Wildman–Crippen MR) is 105 cm³/mol. The van der Waals surface area contributed by atoms with Gasteiger partial charge in [0, 0.05) is 6.04 Å². The lowest BCUT2D eigenvalue weighted by Crippen LogP contribution is -2.53. The van der Waals surface area contributed by atoms with Crippen LogP contribution in [0.15, 0.2) is 30.3 Å². The Balaban J connectivity index is 1.61. The minimum Gasteiger partial charge on any atom is -0.444 e. The van der Waals surface area contributed by atoms with E-state index in [1.165, 1.54) is 11.1 Å². The lowest BCUT2D eigenvalue weighted by atomic mass is 9.82. The van der Waals surface area contributed by atoms with Crippen LogP contribution >= 0.6 is 0 Å². The number of piperidine rings is 1. The average molecular weight is 364 g/mol. The monoisotopic (exact) mass is 364 g/mol. The molecule has 27 heavy (non-hydrogen) atoms. The van der Waals surface area contributed by atoms with Crippen molar-refractivity contribution >= 4 is 11.7 Å². The van der Waals surface area contributed by atoms with Crippen LogP contribution in [0.25, 0.3) is 5.57 Å². The molecule has 1 amide bonds. The van der Waals surface area contributed by atoms with Gasteiger partial charge in [0.2, 0.25) is 0 Å². The van der Waals surface area contributed by atoms with Gasteiger partial charge in [-0.25, -0.2) is 4.79 Å². The molecule has 2 fully saturated rings. The van der Waals surface area contributed by atoms with Crippen molar-refractivity contribution in [3.05, 3.63) is 41.5 Å². The molecule has 0 spiro atoms. The maximum absolute atomic E-state index is 12.7. The zero-order valence-corrected chi connectivity index (χ0v) is 16.5. The molecule has 4 nitrogen and oxygen atoms in total. The lowest BCUT2D eigenvalue weighted by Gasteiger charge is -2.45. The number of amides is 1. The van der Waals surface area contributed by atoms with Gasteiger partial charge in [0.25, 0.3) is 0 Å². The van der Waals surface area contributed by atoms with Crippen molar-refractivity contribution in [2.24, 2.45) is 0 Å². The van der Waals surface area contributed by atoms with Gasteiger partial charge in [0.05, 0.1) is 17.5 Å². The maximum Gasteiger partial charge on any atom is 0.411 e. The van der Waals surface area contributed by atoms with Gasteiger partial charge in [-0.15, -0.1) is 0 Å². The van der Waals surface area contributed by atoms with Crippen molar-refractivity contribution in [1.82, 2.24) is 4.90 Å². The number of nitriles is 1. The first kappa shape index (κ1) is 18.1. The number of hydrogen-bond donors (Lipinski definition) is 0. The first-order valence-corrected chi connectivity index (χ1v) is 10.1. The Hall–Kier alpha value is -2.28. The number of hydrogen-bond acceptors (Lipinski definition) is 3. The van der Waals surface area contributed by atoms with Crippen LogP contribution < -0.4 is 0 Å². The summed E-state index contributed by atoms with van der Waals surface area (Å²) in [5.74, 6) is 0. The van der Waals surface area contributed by atoms with Crippen LogP contribution in [0, 0.1) is 11.3 Å². The van der Waals surface area contributed by atoms with Crippen LogP contribution in [0.5, 0.6) is 0 Å². The second-order valence-corrected chi connectivity index (χ2v) is 9.21. The number of benzene rings is 1. The zero-order valence-electron chi connectivity index (χ0n) is 16.5. The number of carbonyl (C=O) groups is 1. The average Bonchev–Trinajstić information content (AvgIpc) is 3.40. The number of ether oxygens (including phenoxy) is 1. The van der Waals surface area contributed by atoms with Crippen LogP contribution in [-0.4, -0.2) is 28.7 Å². The van der Waals surface area contributed by atoms with E-state index in [0.717, 1.165) is 44.1 Å². The van der Waals surface area contributed by atoms with E-state index in [9.17, 15) is 10.1 Å². The van der Waals surface area contributed by atoms with E-state index >= 15 is 0 Å². The first-order chi connectivity index (χ1) is 12.8. The highest BCUT2D eigenvalue weighted by Gasteiger charge is 2.45. The summed E-state index contributed by atoms with van der Waals surface area (Å²) < 4.78 is 5.66. The predicted octanol–water partition coefficient (Wildman–Crippen LogP) is 5.19. The third kappa shape index (κ3) is 3.48. The van der Waals surface area contributed by atoms with E-state index in [1.54, 1.807) is 0 Å². The second kappa shape index (κ2) is 6.41. The summed E-state index contributed by atoms with van der Waals surface area (Å²) in [5.41, 5.74) is 2.92. The van der Waals surface area contributed by atoms with Crippen molar-refractivity contribution in [1.29, 1.82) is 5.26 Å². The topological polar surface area (TPSA) is 53.3 Å². The van der Waals surface area contributed by atoms with Gasteiger partial charge in [-0.2, -0.15) is 5.26 Å². The number of fused-ring (bicyclic) bond motifs is 2. The van der Waals surface area contributed by atoms with Crippen LogP contribution in [0.4, 0.5) is 4.79 Å². The molecule has 2 aliphatic heterocycles. The molecule has 1 aromatic carbocycles. The Morgan fingerprint density at radius 2 is 2.07 bits per heavy atom. The van der Waals surface area contributed by atoms with Crippen LogP contribution in [-0.2, 0) is 10.2 Å². The molecule has 1 saturated heterocycles. The van der Waals surface area contributed by atoms with Crippen molar-refractivity contribution in [3.8, 4) is 6.07 Å². The van der Waals surface area contributed by atoms with E-state index in [2.05, 4.69) is 36.4 Å². The first-order valence-electron chi connectivity index (χ1n) is 10.1. The smallest absolute Gasteiger partial charge is 0.411 e. The van der Waals surface area contributed by atoms with Gasteiger partial charge >= 0.3 is 6.09 Å². The number of carbonyl (C=O) groups excluding carboxylic acids is 1. The molecular weight excluding hydrogens is 336 g/mol. The van der Waals surface area contributed by atoms with Gasteiger partial charge in [-0.3, -0.25) is 4.90 Å². The molecule has 2 unspecified atom stereocenters. The largest absolute Gasteiger partial charge is 0.444 e. The molecule has 0 aromatic heterocycles. The lowest BCUT2D eigenvalue weighted by molar-refractivity contribution is 0.0000847. The highest BCUT2D eigenvalue weighted by atomic mass is 16.6. The minimum absolute atomic E-state index is 0.108.